The van der Waals surface area contributed by atoms with Gasteiger partial charge >= 0.3 is 0 Å². The summed E-state index contributed by atoms with van der Waals surface area (Å²) in [6.07, 6.45) is 1.50. The van der Waals surface area contributed by atoms with Crippen LogP contribution in [0, 0.1) is 20.8 Å². The van der Waals surface area contributed by atoms with E-state index >= 15 is 0 Å². The fraction of sp³-hybridized carbons (Fsp3) is 0.208. The number of fused-ring (bicyclic) bond motifs is 1. The second-order valence-corrected chi connectivity index (χ2v) is 9.75. The number of rotatable bonds is 6. The van der Waals surface area contributed by atoms with E-state index in [2.05, 4.69) is 4.98 Å². The summed E-state index contributed by atoms with van der Waals surface area (Å²) in [5.74, 6) is 0.499. The molecule has 0 saturated heterocycles. The van der Waals surface area contributed by atoms with Crippen molar-refractivity contribution in [3.63, 3.8) is 0 Å². The average Bonchev–Trinajstić information content (AvgIpc) is 3.23. The second-order valence-electron chi connectivity index (χ2n) is 7.81. The number of pyridine rings is 1. The zero-order valence-corrected chi connectivity index (χ0v) is 18.5. The van der Waals surface area contributed by atoms with E-state index in [1.165, 1.54) is 10.6 Å². The van der Waals surface area contributed by atoms with Gasteiger partial charge in [-0.1, -0.05) is 17.7 Å². The van der Waals surface area contributed by atoms with Crippen molar-refractivity contribution >= 4 is 20.9 Å². The van der Waals surface area contributed by atoms with Crippen molar-refractivity contribution < 1.29 is 12.8 Å². The first-order chi connectivity index (χ1) is 14.7. The molecule has 0 radical (unpaired) electrons. The Balaban J connectivity index is 1.77. The van der Waals surface area contributed by atoms with Crippen molar-refractivity contribution in [3.8, 4) is 0 Å². The molecule has 0 aliphatic heterocycles. The number of hydrogen-bond acceptors (Lipinski definition) is 4. The van der Waals surface area contributed by atoms with Gasteiger partial charge in [-0.3, -0.25) is 4.79 Å². The van der Waals surface area contributed by atoms with E-state index in [0.717, 1.165) is 27.6 Å². The van der Waals surface area contributed by atoms with Crippen LogP contribution in [0.4, 0.5) is 0 Å². The van der Waals surface area contributed by atoms with Crippen LogP contribution in [0.3, 0.4) is 0 Å². The van der Waals surface area contributed by atoms with Crippen LogP contribution < -0.4 is 5.56 Å². The Hall–Kier alpha value is -3.16. The SMILES string of the molecule is Cc1ccc(S(=O)(=O)N(Cc2ccco2)Cc2cc3cc(C)c(C)cc3[nH]c2=O)cc1. The summed E-state index contributed by atoms with van der Waals surface area (Å²) in [6.45, 7) is 5.84. The molecule has 0 aliphatic carbocycles. The monoisotopic (exact) mass is 436 g/mol. The third kappa shape index (κ3) is 4.33. The summed E-state index contributed by atoms with van der Waals surface area (Å²) in [7, 11) is -3.86. The molecule has 0 saturated carbocycles. The summed E-state index contributed by atoms with van der Waals surface area (Å²) in [4.78, 5) is 15.8. The smallest absolute Gasteiger partial charge is 0.252 e. The van der Waals surface area contributed by atoms with Gasteiger partial charge in [-0.2, -0.15) is 4.31 Å². The van der Waals surface area contributed by atoms with Crippen molar-refractivity contribution in [2.45, 2.75) is 38.8 Å². The molecular weight excluding hydrogens is 412 g/mol. The molecule has 2 aromatic carbocycles. The molecule has 6 nitrogen and oxygen atoms in total. The van der Waals surface area contributed by atoms with Gasteiger partial charge in [0.15, 0.2) is 0 Å². The van der Waals surface area contributed by atoms with Gasteiger partial charge in [-0.25, -0.2) is 8.42 Å². The second kappa shape index (κ2) is 8.17. The third-order valence-corrected chi connectivity index (χ3v) is 7.26. The van der Waals surface area contributed by atoms with Crippen molar-refractivity contribution in [1.29, 1.82) is 0 Å². The minimum Gasteiger partial charge on any atom is -0.468 e. The van der Waals surface area contributed by atoms with E-state index in [-0.39, 0.29) is 23.5 Å². The van der Waals surface area contributed by atoms with Crippen LogP contribution in [0.15, 0.2) is 75.0 Å². The van der Waals surface area contributed by atoms with Crippen LogP contribution in [0.5, 0.6) is 0 Å². The fourth-order valence-electron chi connectivity index (χ4n) is 3.49. The Morgan fingerprint density at radius 1 is 0.935 bits per heavy atom. The number of nitrogens with one attached hydrogen (secondary N) is 1. The summed E-state index contributed by atoms with van der Waals surface area (Å²) in [5.41, 5.74) is 3.95. The highest BCUT2D eigenvalue weighted by Gasteiger charge is 2.27. The number of furan rings is 1. The summed E-state index contributed by atoms with van der Waals surface area (Å²) < 4.78 is 33.5. The van der Waals surface area contributed by atoms with E-state index in [1.807, 2.05) is 32.9 Å². The molecule has 0 unspecified atom stereocenters. The Kier molecular flexibility index (Phi) is 5.56. The van der Waals surface area contributed by atoms with Gasteiger partial charge in [0.25, 0.3) is 5.56 Å². The quantitative estimate of drug-likeness (QED) is 0.484. The van der Waals surface area contributed by atoms with Gasteiger partial charge < -0.3 is 9.40 Å². The number of benzene rings is 2. The molecule has 7 heteroatoms. The summed E-state index contributed by atoms with van der Waals surface area (Å²) in [5, 5.41) is 0.864. The van der Waals surface area contributed by atoms with Gasteiger partial charge in [0.05, 0.1) is 17.7 Å². The Morgan fingerprint density at radius 3 is 2.32 bits per heavy atom. The van der Waals surface area contributed by atoms with Gasteiger partial charge in [-0.05, 0) is 79.7 Å². The first-order valence-electron chi connectivity index (χ1n) is 9.96. The summed E-state index contributed by atoms with van der Waals surface area (Å²) >= 11 is 0. The zero-order valence-electron chi connectivity index (χ0n) is 17.7. The number of aromatic nitrogens is 1. The molecule has 4 aromatic rings. The molecule has 0 atom stereocenters. The first kappa shape index (κ1) is 21.1. The Morgan fingerprint density at radius 2 is 1.65 bits per heavy atom. The lowest BCUT2D eigenvalue weighted by Crippen LogP contribution is -2.32. The van der Waals surface area contributed by atoms with E-state index in [4.69, 9.17) is 4.42 Å². The minimum atomic E-state index is -3.86. The first-order valence-corrected chi connectivity index (χ1v) is 11.4. The lowest BCUT2D eigenvalue weighted by Gasteiger charge is -2.21. The molecule has 2 heterocycles. The maximum absolute atomic E-state index is 13.4. The molecular formula is C24H24N2O4S. The highest BCUT2D eigenvalue weighted by atomic mass is 32.2. The number of aromatic amines is 1. The molecule has 31 heavy (non-hydrogen) atoms. The topological polar surface area (TPSA) is 83.4 Å². The minimum absolute atomic E-state index is 0.0214. The molecule has 0 bridgehead atoms. The van der Waals surface area contributed by atoms with Gasteiger partial charge in [0.1, 0.15) is 5.76 Å². The predicted octanol–water partition coefficient (Wildman–Crippen LogP) is 4.44. The number of H-pyrrole nitrogens is 1. The van der Waals surface area contributed by atoms with Crippen molar-refractivity contribution in [2.24, 2.45) is 0 Å². The molecule has 0 aliphatic rings. The molecule has 1 N–H and O–H groups in total. The number of hydrogen-bond donors (Lipinski definition) is 1. The van der Waals surface area contributed by atoms with Crippen LogP contribution in [0.1, 0.15) is 28.0 Å². The third-order valence-electron chi connectivity index (χ3n) is 5.45. The normalized spacial score (nSPS) is 12.0. The highest BCUT2D eigenvalue weighted by Crippen LogP contribution is 2.23. The van der Waals surface area contributed by atoms with Crippen molar-refractivity contribution in [3.05, 3.63) is 99.2 Å². The lowest BCUT2D eigenvalue weighted by atomic mass is 10.0. The van der Waals surface area contributed by atoms with Crippen molar-refractivity contribution in [2.75, 3.05) is 0 Å². The van der Waals surface area contributed by atoms with E-state index in [1.54, 1.807) is 42.5 Å². The van der Waals surface area contributed by atoms with Crippen LogP contribution in [0.2, 0.25) is 0 Å². The number of sulfonamides is 1. The molecule has 0 spiro atoms. The Labute approximate surface area is 181 Å². The summed E-state index contributed by atoms with van der Waals surface area (Å²) in [6, 6.07) is 15.8. The van der Waals surface area contributed by atoms with E-state index in [0.29, 0.717) is 11.3 Å². The van der Waals surface area contributed by atoms with E-state index in [9.17, 15) is 13.2 Å². The van der Waals surface area contributed by atoms with Crippen molar-refractivity contribution in [1.82, 2.24) is 9.29 Å². The maximum Gasteiger partial charge on any atom is 0.252 e. The molecule has 2 aromatic heterocycles. The standard InChI is InChI=1S/C24H24N2O4S/c1-16-6-8-22(9-7-16)31(28,29)26(15-21-5-4-10-30-21)14-20-13-19-11-17(2)18(3)12-23(19)25-24(20)27/h4-13H,14-15H2,1-3H3,(H,25,27). The van der Waals surface area contributed by atoms with Crippen LogP contribution in [-0.4, -0.2) is 17.7 Å². The maximum atomic E-state index is 13.4. The van der Waals surface area contributed by atoms with Gasteiger partial charge in [-0.15, -0.1) is 0 Å². The average molecular weight is 437 g/mol. The molecule has 0 fully saturated rings. The number of nitrogens with zero attached hydrogens (tertiary/aromatic N) is 1. The number of aryl methyl sites for hydroxylation is 3. The van der Waals surface area contributed by atoms with E-state index < -0.39 is 10.0 Å². The highest BCUT2D eigenvalue weighted by molar-refractivity contribution is 7.89. The van der Waals surface area contributed by atoms with Crippen LogP contribution in [-0.2, 0) is 23.1 Å². The molecule has 160 valence electrons. The van der Waals surface area contributed by atoms with Gasteiger partial charge in [0.2, 0.25) is 10.0 Å². The predicted molar refractivity (Wildman–Crippen MR) is 120 cm³/mol. The fourth-order valence-corrected chi connectivity index (χ4v) is 4.88. The molecule has 0 amide bonds. The zero-order chi connectivity index (χ0) is 22.2. The lowest BCUT2D eigenvalue weighted by molar-refractivity contribution is 0.357. The van der Waals surface area contributed by atoms with Crippen LogP contribution in [0.25, 0.3) is 10.9 Å². The Bertz CT molecular complexity index is 1390. The van der Waals surface area contributed by atoms with Crippen LogP contribution >= 0.6 is 0 Å². The van der Waals surface area contributed by atoms with Gasteiger partial charge in [0, 0.05) is 17.6 Å². The largest absolute Gasteiger partial charge is 0.468 e. The molecule has 4 rings (SSSR count).